The number of benzene rings is 1. The van der Waals surface area contributed by atoms with Crippen LogP contribution in [0.5, 0.6) is 0 Å². The zero-order chi connectivity index (χ0) is 19.8. The predicted octanol–water partition coefficient (Wildman–Crippen LogP) is 2.61. The van der Waals surface area contributed by atoms with Crippen molar-refractivity contribution in [3.05, 3.63) is 48.3 Å². The number of piperidine rings is 1. The second-order valence-electron chi connectivity index (χ2n) is 6.84. The Morgan fingerprint density at radius 2 is 2.14 bits per heavy atom. The SMILES string of the molecule is CCNC(=NCc1cnn(-c2ccccc2)c1)N1CCCC(C(=O)OCC)C1. The highest BCUT2D eigenvalue weighted by Crippen LogP contribution is 2.18. The van der Waals surface area contributed by atoms with Gasteiger partial charge in [0.1, 0.15) is 0 Å². The van der Waals surface area contributed by atoms with E-state index >= 15 is 0 Å². The Hall–Kier alpha value is -2.83. The van der Waals surface area contributed by atoms with Gasteiger partial charge in [-0.05, 0) is 38.8 Å². The van der Waals surface area contributed by atoms with Crippen molar-refractivity contribution in [1.82, 2.24) is 20.0 Å². The maximum Gasteiger partial charge on any atom is 0.310 e. The summed E-state index contributed by atoms with van der Waals surface area (Å²) in [5, 5.41) is 7.78. The van der Waals surface area contributed by atoms with Crippen LogP contribution in [0.1, 0.15) is 32.3 Å². The van der Waals surface area contributed by atoms with Gasteiger partial charge in [0.05, 0.1) is 31.0 Å². The molecule has 150 valence electrons. The van der Waals surface area contributed by atoms with E-state index in [0.717, 1.165) is 43.1 Å². The molecule has 1 fully saturated rings. The Morgan fingerprint density at radius 1 is 1.32 bits per heavy atom. The fourth-order valence-electron chi connectivity index (χ4n) is 3.38. The van der Waals surface area contributed by atoms with Crippen molar-refractivity contribution in [2.24, 2.45) is 10.9 Å². The normalized spacial score (nSPS) is 17.4. The van der Waals surface area contributed by atoms with Gasteiger partial charge in [-0.15, -0.1) is 0 Å². The first-order valence-corrected chi connectivity index (χ1v) is 10.00. The summed E-state index contributed by atoms with van der Waals surface area (Å²) in [7, 11) is 0. The van der Waals surface area contributed by atoms with Gasteiger partial charge in [-0.1, -0.05) is 18.2 Å². The summed E-state index contributed by atoms with van der Waals surface area (Å²) >= 11 is 0. The van der Waals surface area contributed by atoms with Crippen LogP contribution in [0.25, 0.3) is 5.69 Å². The molecule has 0 saturated carbocycles. The molecular formula is C21H29N5O2. The Bertz CT molecular complexity index is 787. The minimum Gasteiger partial charge on any atom is -0.466 e. The van der Waals surface area contributed by atoms with Gasteiger partial charge in [0, 0.05) is 31.4 Å². The molecular weight excluding hydrogens is 354 g/mol. The number of ether oxygens (including phenoxy) is 1. The van der Waals surface area contributed by atoms with Gasteiger partial charge in [0.15, 0.2) is 5.96 Å². The maximum atomic E-state index is 12.1. The van der Waals surface area contributed by atoms with Gasteiger partial charge < -0.3 is 15.0 Å². The highest BCUT2D eigenvalue weighted by molar-refractivity contribution is 5.81. The zero-order valence-corrected chi connectivity index (χ0v) is 16.7. The van der Waals surface area contributed by atoms with Crippen LogP contribution in [0.15, 0.2) is 47.7 Å². The fourth-order valence-corrected chi connectivity index (χ4v) is 3.38. The monoisotopic (exact) mass is 383 g/mol. The lowest BCUT2D eigenvalue weighted by atomic mass is 9.98. The Morgan fingerprint density at radius 3 is 2.89 bits per heavy atom. The average Bonchev–Trinajstić information content (AvgIpc) is 3.21. The number of carbonyl (C=O) groups is 1. The zero-order valence-electron chi connectivity index (χ0n) is 16.7. The molecule has 2 heterocycles. The molecule has 1 aliphatic heterocycles. The van der Waals surface area contributed by atoms with E-state index < -0.39 is 0 Å². The van der Waals surface area contributed by atoms with E-state index in [0.29, 0.717) is 19.7 Å². The summed E-state index contributed by atoms with van der Waals surface area (Å²) in [5.41, 5.74) is 2.07. The van der Waals surface area contributed by atoms with Crippen molar-refractivity contribution in [3.63, 3.8) is 0 Å². The fraction of sp³-hybridized carbons (Fsp3) is 0.476. The Balaban J connectivity index is 1.67. The van der Waals surface area contributed by atoms with Crippen LogP contribution in [0.3, 0.4) is 0 Å². The van der Waals surface area contributed by atoms with Gasteiger partial charge in [0.2, 0.25) is 0 Å². The molecule has 7 nitrogen and oxygen atoms in total. The Labute approximate surface area is 166 Å². The molecule has 1 aliphatic rings. The number of likely N-dealkylation sites (tertiary alicyclic amines) is 1. The van der Waals surface area contributed by atoms with Crippen LogP contribution in [0, 0.1) is 5.92 Å². The third-order valence-electron chi connectivity index (χ3n) is 4.74. The average molecular weight is 383 g/mol. The van der Waals surface area contributed by atoms with Crippen LogP contribution in [-0.2, 0) is 16.1 Å². The number of aliphatic imine (C=N–C) groups is 1. The van der Waals surface area contributed by atoms with Crippen molar-refractivity contribution < 1.29 is 9.53 Å². The molecule has 28 heavy (non-hydrogen) atoms. The van der Waals surface area contributed by atoms with Gasteiger partial charge in [-0.25, -0.2) is 9.67 Å². The maximum absolute atomic E-state index is 12.1. The first-order chi connectivity index (χ1) is 13.7. The van der Waals surface area contributed by atoms with E-state index in [-0.39, 0.29) is 11.9 Å². The van der Waals surface area contributed by atoms with Crippen molar-refractivity contribution in [3.8, 4) is 5.69 Å². The molecule has 0 amide bonds. The topological polar surface area (TPSA) is 71.8 Å². The summed E-state index contributed by atoms with van der Waals surface area (Å²) in [6, 6.07) is 10.0. The van der Waals surface area contributed by atoms with Crippen LogP contribution < -0.4 is 5.32 Å². The molecule has 1 aromatic heterocycles. The standard InChI is InChI=1S/C21H29N5O2/c1-3-22-21(25-12-8-9-18(16-25)20(27)28-4-2)23-13-17-14-24-26(15-17)19-10-6-5-7-11-19/h5-7,10-11,14-15,18H,3-4,8-9,12-13,16H2,1-2H3,(H,22,23). The minimum atomic E-state index is -0.104. The van der Waals surface area contributed by atoms with Crippen LogP contribution in [-0.4, -0.2) is 52.9 Å². The molecule has 2 aromatic rings. The second-order valence-corrected chi connectivity index (χ2v) is 6.84. The highest BCUT2D eigenvalue weighted by atomic mass is 16.5. The predicted molar refractivity (Wildman–Crippen MR) is 109 cm³/mol. The number of hydrogen-bond donors (Lipinski definition) is 1. The van der Waals surface area contributed by atoms with Crippen LogP contribution in [0.4, 0.5) is 0 Å². The van der Waals surface area contributed by atoms with Crippen LogP contribution >= 0.6 is 0 Å². The van der Waals surface area contributed by atoms with Crippen molar-refractivity contribution in [1.29, 1.82) is 0 Å². The van der Waals surface area contributed by atoms with Gasteiger partial charge >= 0.3 is 5.97 Å². The lowest BCUT2D eigenvalue weighted by Crippen LogP contribution is -2.48. The van der Waals surface area contributed by atoms with Gasteiger partial charge in [-0.2, -0.15) is 5.10 Å². The van der Waals surface area contributed by atoms with Crippen molar-refractivity contribution in [2.45, 2.75) is 33.2 Å². The largest absolute Gasteiger partial charge is 0.466 e. The van der Waals surface area contributed by atoms with Gasteiger partial charge in [0.25, 0.3) is 0 Å². The molecule has 3 rings (SSSR count). The number of para-hydroxylation sites is 1. The molecule has 0 bridgehead atoms. The summed E-state index contributed by atoms with van der Waals surface area (Å²) in [6.07, 6.45) is 5.68. The van der Waals surface area contributed by atoms with Crippen molar-refractivity contribution >= 4 is 11.9 Å². The number of esters is 1. The molecule has 1 N–H and O–H groups in total. The number of rotatable bonds is 6. The number of guanidine groups is 1. The quantitative estimate of drug-likeness (QED) is 0.472. The molecule has 0 spiro atoms. The third-order valence-corrected chi connectivity index (χ3v) is 4.74. The number of hydrogen-bond acceptors (Lipinski definition) is 4. The lowest BCUT2D eigenvalue weighted by molar-refractivity contribution is -0.149. The summed E-state index contributed by atoms with van der Waals surface area (Å²) in [4.78, 5) is 19.1. The van der Waals surface area contributed by atoms with E-state index in [9.17, 15) is 4.79 Å². The summed E-state index contributed by atoms with van der Waals surface area (Å²) < 4.78 is 7.06. The molecule has 1 unspecified atom stereocenters. The molecule has 7 heteroatoms. The molecule has 0 radical (unpaired) electrons. The molecule has 1 atom stereocenters. The first kappa shape index (κ1) is 19.9. The Kier molecular flexibility index (Phi) is 7.06. The summed E-state index contributed by atoms with van der Waals surface area (Å²) in [5.74, 6) is 0.648. The number of nitrogens with zero attached hydrogens (tertiary/aromatic N) is 4. The molecule has 1 aromatic carbocycles. The van der Waals surface area contributed by atoms with Crippen LogP contribution in [0.2, 0.25) is 0 Å². The van der Waals surface area contributed by atoms with Gasteiger partial charge in [-0.3, -0.25) is 4.79 Å². The minimum absolute atomic E-state index is 0.0848. The number of carbonyl (C=O) groups excluding carboxylic acids is 1. The smallest absolute Gasteiger partial charge is 0.310 e. The van der Waals surface area contributed by atoms with E-state index in [1.54, 1.807) is 0 Å². The number of aromatic nitrogens is 2. The third kappa shape index (κ3) is 5.12. The highest BCUT2D eigenvalue weighted by Gasteiger charge is 2.28. The van der Waals surface area contributed by atoms with E-state index in [1.807, 2.05) is 54.3 Å². The van der Waals surface area contributed by atoms with E-state index in [1.165, 1.54) is 0 Å². The molecule has 1 saturated heterocycles. The first-order valence-electron chi connectivity index (χ1n) is 10.00. The second kappa shape index (κ2) is 9.92. The summed E-state index contributed by atoms with van der Waals surface area (Å²) in [6.45, 7) is 7.18. The van der Waals surface area contributed by atoms with E-state index in [2.05, 4.69) is 22.2 Å². The van der Waals surface area contributed by atoms with E-state index in [4.69, 9.17) is 9.73 Å². The number of nitrogens with one attached hydrogen (secondary N) is 1. The molecule has 0 aliphatic carbocycles. The lowest BCUT2D eigenvalue weighted by Gasteiger charge is -2.34. The van der Waals surface area contributed by atoms with Crippen molar-refractivity contribution in [2.75, 3.05) is 26.2 Å².